The van der Waals surface area contributed by atoms with Gasteiger partial charge in [0.25, 0.3) is 0 Å². The van der Waals surface area contributed by atoms with Crippen LogP contribution in [0.4, 0.5) is 0 Å². The highest BCUT2D eigenvalue weighted by Crippen LogP contribution is 2.21. The van der Waals surface area contributed by atoms with Crippen LogP contribution in [0.3, 0.4) is 0 Å². The maximum Gasteiger partial charge on any atom is 0.0594 e. The maximum absolute atomic E-state index is 5.47. The lowest BCUT2D eigenvalue weighted by molar-refractivity contribution is 0.00786. The van der Waals surface area contributed by atoms with Crippen LogP contribution in [0.2, 0.25) is 0 Å². The molecule has 116 valence electrons. The molecule has 0 aliphatic carbocycles. The first-order chi connectivity index (χ1) is 9.83. The third kappa shape index (κ3) is 3.71. The van der Waals surface area contributed by atoms with Crippen molar-refractivity contribution >= 4 is 0 Å². The van der Waals surface area contributed by atoms with Gasteiger partial charge in [-0.25, -0.2) is 0 Å². The van der Waals surface area contributed by atoms with Crippen LogP contribution in [0.15, 0.2) is 0 Å². The highest BCUT2D eigenvalue weighted by Gasteiger charge is 2.32. The van der Waals surface area contributed by atoms with Gasteiger partial charge in [0.05, 0.1) is 13.2 Å². The lowest BCUT2D eigenvalue weighted by Gasteiger charge is -2.45. The first kappa shape index (κ1) is 14.7. The lowest BCUT2D eigenvalue weighted by Crippen LogP contribution is -2.58. The monoisotopic (exact) mass is 282 g/mol. The minimum absolute atomic E-state index is 0.736. The second kappa shape index (κ2) is 7.18. The van der Waals surface area contributed by atoms with Gasteiger partial charge in [0, 0.05) is 58.4 Å². The molecule has 0 spiro atoms. The van der Waals surface area contributed by atoms with E-state index in [9.17, 15) is 0 Å². The van der Waals surface area contributed by atoms with Gasteiger partial charge < -0.3 is 15.0 Å². The second-order valence-corrected chi connectivity index (χ2v) is 6.57. The van der Waals surface area contributed by atoms with Crippen molar-refractivity contribution < 1.29 is 4.74 Å². The van der Waals surface area contributed by atoms with E-state index in [1.165, 1.54) is 52.2 Å². The summed E-state index contributed by atoms with van der Waals surface area (Å²) in [7, 11) is 2.24. The van der Waals surface area contributed by atoms with E-state index in [1.54, 1.807) is 0 Å². The Morgan fingerprint density at radius 3 is 2.55 bits per heavy atom. The first-order valence-electron chi connectivity index (χ1n) is 8.26. The van der Waals surface area contributed by atoms with Gasteiger partial charge in [-0.3, -0.25) is 9.80 Å². The third-order valence-electron chi connectivity index (χ3n) is 5.19. The minimum Gasteiger partial charge on any atom is -0.379 e. The molecule has 2 unspecified atom stereocenters. The highest BCUT2D eigenvalue weighted by atomic mass is 16.5. The van der Waals surface area contributed by atoms with Gasteiger partial charge in [-0.15, -0.1) is 0 Å². The second-order valence-electron chi connectivity index (χ2n) is 6.57. The Balaban J connectivity index is 1.55. The number of nitrogens with one attached hydrogen (secondary N) is 1. The van der Waals surface area contributed by atoms with E-state index in [2.05, 4.69) is 27.1 Å². The quantitative estimate of drug-likeness (QED) is 0.757. The highest BCUT2D eigenvalue weighted by molar-refractivity contribution is 4.89. The molecule has 3 rings (SSSR count). The van der Waals surface area contributed by atoms with Crippen LogP contribution in [0.1, 0.15) is 6.42 Å². The molecule has 5 nitrogen and oxygen atoms in total. The number of hydrogen-bond acceptors (Lipinski definition) is 5. The molecule has 3 aliphatic heterocycles. The SMILES string of the molecule is CN1CCN(C2CNCCC2CN2CCOCC2)CC1. The van der Waals surface area contributed by atoms with E-state index in [0.717, 1.165) is 38.3 Å². The molecule has 0 bridgehead atoms. The maximum atomic E-state index is 5.47. The van der Waals surface area contributed by atoms with Gasteiger partial charge in [-0.2, -0.15) is 0 Å². The van der Waals surface area contributed by atoms with E-state index in [4.69, 9.17) is 4.74 Å². The van der Waals surface area contributed by atoms with Gasteiger partial charge in [0.1, 0.15) is 0 Å². The van der Waals surface area contributed by atoms with Gasteiger partial charge in [-0.1, -0.05) is 0 Å². The van der Waals surface area contributed by atoms with Crippen molar-refractivity contribution in [3.8, 4) is 0 Å². The Morgan fingerprint density at radius 2 is 1.80 bits per heavy atom. The Bertz CT molecular complexity index is 288. The van der Waals surface area contributed by atoms with Crippen molar-refractivity contribution in [1.29, 1.82) is 0 Å². The summed E-state index contributed by atoms with van der Waals surface area (Å²) >= 11 is 0. The summed E-state index contributed by atoms with van der Waals surface area (Å²) < 4.78 is 5.47. The molecule has 5 heteroatoms. The number of nitrogens with zero attached hydrogens (tertiary/aromatic N) is 3. The van der Waals surface area contributed by atoms with Gasteiger partial charge in [0.2, 0.25) is 0 Å². The summed E-state index contributed by atoms with van der Waals surface area (Å²) in [4.78, 5) is 7.80. The van der Waals surface area contributed by atoms with E-state index >= 15 is 0 Å². The zero-order chi connectivity index (χ0) is 13.8. The molecule has 20 heavy (non-hydrogen) atoms. The Kier molecular flexibility index (Phi) is 5.29. The average Bonchev–Trinajstić information content (AvgIpc) is 2.50. The van der Waals surface area contributed by atoms with Crippen molar-refractivity contribution in [3.05, 3.63) is 0 Å². The van der Waals surface area contributed by atoms with Crippen molar-refractivity contribution in [2.45, 2.75) is 12.5 Å². The molecule has 0 radical (unpaired) electrons. The van der Waals surface area contributed by atoms with Crippen LogP contribution in [-0.4, -0.2) is 99.9 Å². The van der Waals surface area contributed by atoms with E-state index in [-0.39, 0.29) is 0 Å². The topological polar surface area (TPSA) is 31.0 Å². The van der Waals surface area contributed by atoms with Crippen molar-refractivity contribution in [2.75, 3.05) is 79.2 Å². The molecule has 0 saturated carbocycles. The van der Waals surface area contributed by atoms with Crippen LogP contribution in [0.5, 0.6) is 0 Å². The molecule has 0 amide bonds. The fourth-order valence-corrected chi connectivity index (χ4v) is 3.81. The fourth-order valence-electron chi connectivity index (χ4n) is 3.81. The van der Waals surface area contributed by atoms with E-state index in [0.29, 0.717) is 0 Å². The molecular formula is C15H30N4O. The number of likely N-dealkylation sites (N-methyl/N-ethyl adjacent to an activating group) is 1. The van der Waals surface area contributed by atoms with Crippen molar-refractivity contribution in [1.82, 2.24) is 20.0 Å². The molecule has 3 saturated heterocycles. The number of ether oxygens (including phenoxy) is 1. The summed E-state index contributed by atoms with van der Waals surface area (Å²) in [5, 5.41) is 3.61. The first-order valence-corrected chi connectivity index (χ1v) is 8.26. The molecular weight excluding hydrogens is 252 g/mol. The van der Waals surface area contributed by atoms with Gasteiger partial charge in [0.15, 0.2) is 0 Å². The normalized spacial score (nSPS) is 35.2. The van der Waals surface area contributed by atoms with Crippen LogP contribution in [-0.2, 0) is 4.74 Å². The smallest absolute Gasteiger partial charge is 0.0594 e. The molecule has 0 aromatic carbocycles. The van der Waals surface area contributed by atoms with E-state index in [1.807, 2.05) is 0 Å². The number of piperidine rings is 1. The van der Waals surface area contributed by atoms with E-state index < -0.39 is 0 Å². The molecule has 3 aliphatic rings. The Labute approximate surface area is 123 Å². The average molecular weight is 282 g/mol. The van der Waals surface area contributed by atoms with Crippen molar-refractivity contribution in [2.24, 2.45) is 5.92 Å². The largest absolute Gasteiger partial charge is 0.379 e. The predicted molar refractivity (Wildman–Crippen MR) is 81.1 cm³/mol. The summed E-state index contributed by atoms with van der Waals surface area (Å²) in [5.74, 6) is 0.831. The van der Waals surface area contributed by atoms with Gasteiger partial charge in [-0.05, 0) is 25.9 Å². The zero-order valence-corrected chi connectivity index (χ0v) is 12.9. The fraction of sp³-hybridized carbons (Fsp3) is 1.00. The summed E-state index contributed by atoms with van der Waals surface area (Å²) in [6.07, 6.45) is 1.33. The standard InChI is InChI=1S/C15H30N4O/c1-17-4-6-19(7-5-17)15-12-16-3-2-14(15)13-18-8-10-20-11-9-18/h14-16H,2-13H2,1H3. The number of hydrogen-bond donors (Lipinski definition) is 1. The molecule has 3 fully saturated rings. The zero-order valence-electron chi connectivity index (χ0n) is 12.9. The summed E-state index contributed by atoms with van der Waals surface area (Å²) in [5.41, 5.74) is 0. The summed E-state index contributed by atoms with van der Waals surface area (Å²) in [6, 6.07) is 0.736. The Hall–Kier alpha value is -0.200. The van der Waals surface area contributed by atoms with Crippen LogP contribution < -0.4 is 5.32 Å². The molecule has 0 aromatic heterocycles. The number of morpholine rings is 1. The minimum atomic E-state index is 0.736. The summed E-state index contributed by atoms with van der Waals surface area (Å²) in [6.45, 7) is 12.7. The number of piperazine rings is 1. The van der Waals surface area contributed by atoms with Crippen LogP contribution in [0, 0.1) is 5.92 Å². The van der Waals surface area contributed by atoms with Crippen LogP contribution in [0.25, 0.3) is 0 Å². The lowest BCUT2D eigenvalue weighted by atomic mass is 9.90. The third-order valence-corrected chi connectivity index (χ3v) is 5.19. The molecule has 1 N–H and O–H groups in total. The van der Waals surface area contributed by atoms with Crippen LogP contribution >= 0.6 is 0 Å². The molecule has 2 atom stereocenters. The molecule has 3 heterocycles. The van der Waals surface area contributed by atoms with Crippen molar-refractivity contribution in [3.63, 3.8) is 0 Å². The molecule has 0 aromatic rings. The van der Waals surface area contributed by atoms with Gasteiger partial charge >= 0.3 is 0 Å². The number of rotatable bonds is 3. The predicted octanol–water partition coefficient (Wildman–Crippen LogP) is -0.456. The Morgan fingerprint density at radius 1 is 1.05 bits per heavy atom.